The van der Waals surface area contributed by atoms with Gasteiger partial charge in [-0.25, -0.2) is 0 Å². The minimum atomic E-state index is -0.841. The van der Waals surface area contributed by atoms with Gasteiger partial charge >= 0.3 is 5.97 Å². The second kappa shape index (κ2) is 79.5. The predicted octanol–water partition coefficient (Wildman–Crippen LogP) is 27.4. The van der Waals surface area contributed by atoms with Gasteiger partial charge in [0.15, 0.2) is 0 Å². The average Bonchev–Trinajstić information content (AvgIpc) is 3.68. The molecule has 0 aromatic carbocycles. The number of amides is 1. The van der Waals surface area contributed by atoms with Crippen LogP contribution in [0.2, 0.25) is 0 Å². The molecule has 0 aromatic rings. The number of carbonyl (C=O) groups excluding carboxylic acids is 2. The first-order valence-electron chi connectivity index (χ1n) is 41.3. The fourth-order valence-corrected chi connectivity index (χ4v) is 13.1. The molecule has 0 heterocycles. The second-order valence-electron chi connectivity index (χ2n) is 28.5. The van der Waals surface area contributed by atoms with Crippen LogP contribution in [0.3, 0.4) is 0 Å². The summed E-state index contributed by atoms with van der Waals surface area (Å²) < 4.78 is 5.50. The average molecular weight is 1270 g/mol. The van der Waals surface area contributed by atoms with Crippen molar-refractivity contribution in [3.63, 3.8) is 0 Å². The zero-order valence-electron chi connectivity index (χ0n) is 61.1. The Balaban J connectivity index is 3.31. The molecule has 2 unspecified atom stereocenters. The summed E-state index contributed by atoms with van der Waals surface area (Å²) in [5, 5.41) is 23.3. The highest BCUT2D eigenvalue weighted by atomic mass is 16.5. The van der Waals surface area contributed by atoms with E-state index in [1.54, 1.807) is 6.08 Å². The van der Waals surface area contributed by atoms with Crippen molar-refractivity contribution >= 4 is 11.9 Å². The zero-order chi connectivity index (χ0) is 64.9. The SMILES string of the molecule is CCCCCC/C=C\C/C=C\CCCCCCCC(=O)OCCCCCCCCCCCCCCCCCCCCCCCCCCCCCCCCCCCCCCCCCC(=O)NC(CO)C(O)/C=C/CCCCCCCCCCCCCCCCCC. The molecule has 0 fully saturated rings. The van der Waals surface area contributed by atoms with Crippen LogP contribution in [0.4, 0.5) is 0 Å². The molecule has 2 atom stereocenters. The molecule has 0 saturated heterocycles. The van der Waals surface area contributed by atoms with E-state index in [0.717, 1.165) is 51.4 Å². The van der Waals surface area contributed by atoms with Crippen LogP contribution in [0.25, 0.3) is 0 Å². The lowest BCUT2D eigenvalue weighted by atomic mass is 10.0. The Hall–Kier alpha value is -1.92. The molecule has 1 amide bonds. The summed E-state index contributed by atoms with van der Waals surface area (Å²) in [4.78, 5) is 24.6. The number of hydrogen-bond acceptors (Lipinski definition) is 5. The minimum absolute atomic E-state index is 0.0110. The van der Waals surface area contributed by atoms with Gasteiger partial charge in [-0.15, -0.1) is 0 Å². The molecule has 0 rings (SSSR count). The second-order valence-corrected chi connectivity index (χ2v) is 28.5. The third kappa shape index (κ3) is 75.1. The van der Waals surface area contributed by atoms with Crippen molar-refractivity contribution in [3.8, 4) is 0 Å². The Bertz CT molecular complexity index is 1460. The number of unbranched alkanes of at least 4 members (excludes halogenated alkanes) is 63. The Kier molecular flexibility index (Phi) is 77.8. The van der Waals surface area contributed by atoms with E-state index in [0.29, 0.717) is 19.4 Å². The van der Waals surface area contributed by atoms with Crippen LogP contribution in [0.1, 0.15) is 463 Å². The standard InChI is InChI=1S/C84H161NO5/c1-3-5-7-9-11-13-15-17-19-21-45-48-52-56-60-64-68-72-76-82(87)81(80-86)85-83(88)77-73-69-65-61-57-53-49-46-43-41-39-37-35-33-31-29-27-25-23-22-24-26-28-30-32-34-36-38-40-42-44-47-51-55-59-63-67-71-75-79-90-84(89)78-74-70-66-62-58-54-50-20-18-16-14-12-10-8-6-4-2/h14,16,20,50,72,76,81-82,86-87H,3-13,15,17-19,21-49,51-71,73-75,77-80H2,1-2H3,(H,85,88)/b16-14-,50-20-,76-72+. The van der Waals surface area contributed by atoms with E-state index in [1.165, 1.54) is 385 Å². The number of ether oxygens (including phenoxy) is 1. The molecule has 0 aliphatic rings. The summed E-state index contributed by atoms with van der Waals surface area (Å²) in [7, 11) is 0. The van der Waals surface area contributed by atoms with Gasteiger partial charge in [0.1, 0.15) is 0 Å². The molecule has 6 nitrogen and oxygen atoms in total. The number of aliphatic hydroxyl groups is 2. The summed E-state index contributed by atoms with van der Waals surface area (Å²) in [6.45, 7) is 4.93. The maximum Gasteiger partial charge on any atom is 0.305 e. The van der Waals surface area contributed by atoms with Crippen molar-refractivity contribution in [1.29, 1.82) is 0 Å². The molecular weight excluding hydrogens is 1100 g/mol. The maximum atomic E-state index is 12.5. The summed E-state index contributed by atoms with van der Waals surface area (Å²) >= 11 is 0. The van der Waals surface area contributed by atoms with Gasteiger partial charge in [-0.2, -0.15) is 0 Å². The predicted molar refractivity (Wildman–Crippen MR) is 398 cm³/mol. The van der Waals surface area contributed by atoms with Crippen LogP contribution in [0, 0.1) is 0 Å². The maximum absolute atomic E-state index is 12.5. The lowest BCUT2D eigenvalue weighted by Gasteiger charge is -2.20. The molecule has 0 spiro atoms. The zero-order valence-corrected chi connectivity index (χ0v) is 61.1. The summed E-state index contributed by atoms with van der Waals surface area (Å²) in [5.74, 6) is -0.0468. The van der Waals surface area contributed by atoms with Crippen molar-refractivity contribution in [3.05, 3.63) is 36.5 Å². The molecule has 0 aromatic heterocycles. The smallest absolute Gasteiger partial charge is 0.305 e. The van der Waals surface area contributed by atoms with Crippen molar-refractivity contribution in [1.82, 2.24) is 5.32 Å². The van der Waals surface area contributed by atoms with E-state index < -0.39 is 12.1 Å². The van der Waals surface area contributed by atoms with Crippen LogP contribution < -0.4 is 5.32 Å². The fourth-order valence-electron chi connectivity index (χ4n) is 13.1. The third-order valence-corrected chi connectivity index (χ3v) is 19.4. The number of carbonyl (C=O) groups is 2. The molecule has 0 saturated carbocycles. The number of esters is 1. The fraction of sp³-hybridized carbons (Fsp3) is 0.905. The lowest BCUT2D eigenvalue weighted by Crippen LogP contribution is -2.45. The van der Waals surface area contributed by atoms with Crippen LogP contribution in [-0.2, 0) is 14.3 Å². The molecule has 6 heteroatoms. The van der Waals surface area contributed by atoms with Gasteiger partial charge in [0.2, 0.25) is 5.91 Å². The van der Waals surface area contributed by atoms with Crippen LogP contribution in [0.15, 0.2) is 36.5 Å². The normalized spacial score (nSPS) is 12.6. The Morgan fingerprint density at radius 1 is 0.311 bits per heavy atom. The number of aliphatic hydroxyl groups excluding tert-OH is 2. The minimum Gasteiger partial charge on any atom is -0.466 e. The van der Waals surface area contributed by atoms with Crippen molar-refractivity contribution in [2.24, 2.45) is 0 Å². The number of allylic oxidation sites excluding steroid dienone is 5. The molecule has 0 bridgehead atoms. The Morgan fingerprint density at radius 3 is 0.856 bits per heavy atom. The summed E-state index contributed by atoms with van der Waals surface area (Å²) in [6, 6.07) is -0.624. The highest BCUT2D eigenvalue weighted by Crippen LogP contribution is 2.20. The van der Waals surface area contributed by atoms with Gasteiger partial charge in [-0.05, 0) is 64.2 Å². The van der Waals surface area contributed by atoms with Gasteiger partial charge in [-0.1, -0.05) is 423 Å². The van der Waals surface area contributed by atoms with Gasteiger partial charge in [0.05, 0.1) is 25.4 Å². The lowest BCUT2D eigenvalue weighted by molar-refractivity contribution is -0.143. The highest BCUT2D eigenvalue weighted by Gasteiger charge is 2.18. The van der Waals surface area contributed by atoms with E-state index >= 15 is 0 Å². The van der Waals surface area contributed by atoms with Crippen LogP contribution >= 0.6 is 0 Å². The van der Waals surface area contributed by atoms with Gasteiger partial charge in [0.25, 0.3) is 0 Å². The third-order valence-electron chi connectivity index (χ3n) is 19.4. The highest BCUT2D eigenvalue weighted by molar-refractivity contribution is 5.76. The molecule has 90 heavy (non-hydrogen) atoms. The first-order valence-corrected chi connectivity index (χ1v) is 41.3. The van der Waals surface area contributed by atoms with E-state index in [1.807, 2.05) is 6.08 Å². The van der Waals surface area contributed by atoms with Gasteiger partial charge in [-0.3, -0.25) is 9.59 Å². The monoisotopic (exact) mass is 1260 g/mol. The topological polar surface area (TPSA) is 95.9 Å². The molecule has 3 N–H and O–H groups in total. The molecule has 0 aliphatic carbocycles. The van der Waals surface area contributed by atoms with Gasteiger partial charge < -0.3 is 20.3 Å². The molecule has 0 aliphatic heterocycles. The Morgan fingerprint density at radius 2 is 0.556 bits per heavy atom. The van der Waals surface area contributed by atoms with Crippen molar-refractivity contribution in [2.45, 2.75) is 475 Å². The number of rotatable bonds is 78. The van der Waals surface area contributed by atoms with Crippen molar-refractivity contribution in [2.75, 3.05) is 13.2 Å². The van der Waals surface area contributed by atoms with Crippen LogP contribution in [0.5, 0.6) is 0 Å². The van der Waals surface area contributed by atoms with E-state index in [2.05, 4.69) is 43.5 Å². The molecule has 0 radical (unpaired) electrons. The summed E-state index contributed by atoms with van der Waals surface area (Å²) in [5.41, 5.74) is 0. The number of nitrogens with one attached hydrogen (secondary N) is 1. The first kappa shape index (κ1) is 88.1. The molecule has 532 valence electrons. The van der Waals surface area contributed by atoms with Gasteiger partial charge in [0, 0.05) is 12.8 Å². The quantitative estimate of drug-likeness (QED) is 0.0320. The Labute approximate surface area is 564 Å². The van der Waals surface area contributed by atoms with Crippen molar-refractivity contribution < 1.29 is 24.5 Å². The van der Waals surface area contributed by atoms with E-state index in [9.17, 15) is 19.8 Å². The number of hydrogen-bond donors (Lipinski definition) is 3. The first-order chi connectivity index (χ1) is 44.5. The van der Waals surface area contributed by atoms with E-state index in [-0.39, 0.29) is 18.5 Å². The largest absolute Gasteiger partial charge is 0.466 e. The van der Waals surface area contributed by atoms with Crippen LogP contribution in [-0.4, -0.2) is 47.4 Å². The molecular formula is C84H161NO5. The summed E-state index contributed by atoms with van der Waals surface area (Å²) in [6.07, 6.45) is 104. The van der Waals surface area contributed by atoms with E-state index in [4.69, 9.17) is 4.74 Å².